The van der Waals surface area contributed by atoms with Crippen molar-refractivity contribution in [1.82, 2.24) is 0 Å². The standard InChI is InChI=1S/C30H33F3O/c1-3-20-5-10-23(11-6-20)27-17-15-24(29(32)30(27)33)14-9-21-7-12-22(13-8-21)26-18-16-25(34-4-2)19-28(26)31/h7-8,12-13,15-20,23H,3-6,9-11,14H2,1-2H3. The van der Waals surface area contributed by atoms with E-state index in [1.165, 1.54) is 12.5 Å². The van der Waals surface area contributed by atoms with Gasteiger partial charge in [0, 0.05) is 11.6 Å². The van der Waals surface area contributed by atoms with Gasteiger partial charge in [0.15, 0.2) is 11.6 Å². The smallest absolute Gasteiger partial charge is 0.162 e. The van der Waals surface area contributed by atoms with E-state index in [0.29, 0.717) is 41.9 Å². The van der Waals surface area contributed by atoms with Gasteiger partial charge in [-0.25, -0.2) is 13.2 Å². The molecular weight excluding hydrogens is 433 g/mol. The second-order valence-electron chi connectivity index (χ2n) is 9.34. The van der Waals surface area contributed by atoms with Gasteiger partial charge in [0.05, 0.1) is 6.61 Å². The first kappa shape index (κ1) is 24.4. The Hall–Kier alpha value is -2.75. The highest BCUT2D eigenvalue weighted by Crippen LogP contribution is 2.38. The van der Waals surface area contributed by atoms with Crippen molar-refractivity contribution in [3.8, 4) is 16.9 Å². The van der Waals surface area contributed by atoms with Crippen molar-refractivity contribution in [2.75, 3.05) is 6.61 Å². The van der Waals surface area contributed by atoms with Crippen molar-refractivity contribution in [2.24, 2.45) is 5.92 Å². The number of aryl methyl sites for hydroxylation is 2. The Kier molecular flexibility index (Phi) is 7.97. The molecule has 0 bridgehead atoms. The van der Waals surface area contributed by atoms with E-state index in [1.54, 1.807) is 24.3 Å². The summed E-state index contributed by atoms with van der Waals surface area (Å²) in [6.45, 7) is 4.55. The normalized spacial score (nSPS) is 18.1. The van der Waals surface area contributed by atoms with Gasteiger partial charge in [-0.15, -0.1) is 0 Å². The molecule has 0 aliphatic heterocycles. The molecule has 3 aromatic carbocycles. The third kappa shape index (κ3) is 5.48. The van der Waals surface area contributed by atoms with Gasteiger partial charge in [0.25, 0.3) is 0 Å². The molecule has 0 atom stereocenters. The van der Waals surface area contributed by atoms with Crippen molar-refractivity contribution in [1.29, 1.82) is 0 Å². The van der Waals surface area contributed by atoms with E-state index in [0.717, 1.165) is 42.7 Å². The van der Waals surface area contributed by atoms with Crippen LogP contribution in [0.2, 0.25) is 0 Å². The van der Waals surface area contributed by atoms with Gasteiger partial charge in [0.1, 0.15) is 11.6 Å². The summed E-state index contributed by atoms with van der Waals surface area (Å²) in [5.74, 6) is -0.349. The molecule has 4 rings (SSSR count). The summed E-state index contributed by atoms with van der Waals surface area (Å²) in [7, 11) is 0. The molecule has 0 unspecified atom stereocenters. The van der Waals surface area contributed by atoms with Crippen molar-refractivity contribution < 1.29 is 17.9 Å². The van der Waals surface area contributed by atoms with Crippen LogP contribution >= 0.6 is 0 Å². The van der Waals surface area contributed by atoms with Gasteiger partial charge in [-0.3, -0.25) is 0 Å². The molecule has 1 fully saturated rings. The molecule has 1 aliphatic carbocycles. The molecule has 1 saturated carbocycles. The first-order chi connectivity index (χ1) is 16.5. The fourth-order valence-electron chi connectivity index (χ4n) is 5.11. The molecule has 0 spiro atoms. The van der Waals surface area contributed by atoms with Crippen molar-refractivity contribution in [3.05, 3.63) is 88.7 Å². The van der Waals surface area contributed by atoms with Gasteiger partial charge >= 0.3 is 0 Å². The maximum Gasteiger partial charge on any atom is 0.162 e. The SMILES string of the molecule is CCOc1ccc(-c2ccc(CCc3ccc(C4CCC(CC)CC4)c(F)c3F)cc2)c(F)c1. The lowest BCUT2D eigenvalue weighted by Crippen LogP contribution is -2.14. The molecular formula is C30H33F3O. The Morgan fingerprint density at radius 3 is 2.18 bits per heavy atom. The lowest BCUT2D eigenvalue weighted by atomic mass is 9.77. The maximum atomic E-state index is 14.9. The number of hydrogen-bond acceptors (Lipinski definition) is 1. The topological polar surface area (TPSA) is 9.23 Å². The molecule has 0 amide bonds. The van der Waals surface area contributed by atoms with E-state index in [9.17, 15) is 13.2 Å². The summed E-state index contributed by atoms with van der Waals surface area (Å²) in [5, 5.41) is 0. The summed E-state index contributed by atoms with van der Waals surface area (Å²) in [5.41, 5.74) is 3.22. The quantitative estimate of drug-likeness (QED) is 0.323. The maximum absolute atomic E-state index is 14.9. The molecule has 0 heterocycles. The van der Waals surface area contributed by atoms with E-state index in [-0.39, 0.29) is 11.7 Å². The highest BCUT2D eigenvalue weighted by Gasteiger charge is 2.25. The van der Waals surface area contributed by atoms with Gasteiger partial charge in [-0.05, 0) is 91.7 Å². The summed E-state index contributed by atoms with van der Waals surface area (Å²) in [6, 6.07) is 16.0. The first-order valence-corrected chi connectivity index (χ1v) is 12.5. The van der Waals surface area contributed by atoms with Crippen LogP contribution in [-0.4, -0.2) is 6.61 Å². The van der Waals surface area contributed by atoms with Gasteiger partial charge < -0.3 is 4.74 Å². The Bertz CT molecular complexity index is 1100. The predicted molar refractivity (Wildman–Crippen MR) is 132 cm³/mol. The average Bonchev–Trinajstić information content (AvgIpc) is 2.86. The monoisotopic (exact) mass is 466 g/mol. The first-order valence-electron chi connectivity index (χ1n) is 12.5. The van der Waals surface area contributed by atoms with Gasteiger partial charge in [-0.2, -0.15) is 0 Å². The minimum Gasteiger partial charge on any atom is -0.494 e. The number of benzene rings is 3. The molecule has 4 heteroatoms. The van der Waals surface area contributed by atoms with Gasteiger partial charge in [-0.1, -0.05) is 49.7 Å². The van der Waals surface area contributed by atoms with E-state index in [2.05, 4.69) is 6.92 Å². The molecule has 0 N–H and O–H groups in total. The summed E-state index contributed by atoms with van der Waals surface area (Å²) >= 11 is 0. The van der Waals surface area contributed by atoms with Crippen LogP contribution in [-0.2, 0) is 12.8 Å². The van der Waals surface area contributed by atoms with Crippen LogP contribution in [0.4, 0.5) is 13.2 Å². The lowest BCUT2D eigenvalue weighted by Gasteiger charge is -2.28. The predicted octanol–water partition coefficient (Wildman–Crippen LogP) is 8.64. The molecule has 1 aliphatic rings. The molecule has 3 aromatic rings. The largest absolute Gasteiger partial charge is 0.494 e. The van der Waals surface area contributed by atoms with E-state index < -0.39 is 11.6 Å². The molecule has 0 radical (unpaired) electrons. The molecule has 0 saturated heterocycles. The van der Waals surface area contributed by atoms with Crippen molar-refractivity contribution in [3.63, 3.8) is 0 Å². The Morgan fingerprint density at radius 1 is 0.794 bits per heavy atom. The third-order valence-electron chi connectivity index (χ3n) is 7.26. The number of halogens is 3. The Balaban J connectivity index is 1.40. The van der Waals surface area contributed by atoms with Crippen LogP contribution in [0.3, 0.4) is 0 Å². The Morgan fingerprint density at radius 2 is 1.53 bits per heavy atom. The highest BCUT2D eigenvalue weighted by molar-refractivity contribution is 5.65. The lowest BCUT2D eigenvalue weighted by molar-refractivity contribution is 0.312. The number of ether oxygens (including phenoxy) is 1. The second kappa shape index (κ2) is 11.1. The Labute approximate surface area is 201 Å². The zero-order chi connectivity index (χ0) is 24.1. The van der Waals surface area contributed by atoms with Crippen LogP contribution in [0, 0.1) is 23.4 Å². The highest BCUT2D eigenvalue weighted by atomic mass is 19.2. The van der Waals surface area contributed by atoms with Crippen LogP contribution in [0.25, 0.3) is 11.1 Å². The number of rotatable bonds is 8. The zero-order valence-electron chi connectivity index (χ0n) is 20.0. The van der Waals surface area contributed by atoms with Crippen LogP contribution in [0.5, 0.6) is 5.75 Å². The fourth-order valence-corrected chi connectivity index (χ4v) is 5.11. The summed E-state index contributed by atoms with van der Waals surface area (Å²) < 4.78 is 49.5. The van der Waals surface area contributed by atoms with Crippen molar-refractivity contribution in [2.45, 2.75) is 64.7 Å². The van der Waals surface area contributed by atoms with E-state index in [1.807, 2.05) is 31.2 Å². The van der Waals surface area contributed by atoms with Gasteiger partial charge in [0.2, 0.25) is 0 Å². The van der Waals surface area contributed by atoms with Crippen LogP contribution in [0.15, 0.2) is 54.6 Å². The van der Waals surface area contributed by atoms with Crippen molar-refractivity contribution >= 4 is 0 Å². The average molecular weight is 467 g/mol. The molecule has 34 heavy (non-hydrogen) atoms. The number of hydrogen-bond donors (Lipinski definition) is 0. The summed E-state index contributed by atoms with van der Waals surface area (Å²) in [6.07, 6.45) is 6.25. The van der Waals surface area contributed by atoms with E-state index in [4.69, 9.17) is 4.74 Å². The van der Waals surface area contributed by atoms with E-state index >= 15 is 0 Å². The minimum absolute atomic E-state index is 0.127. The zero-order valence-corrected chi connectivity index (χ0v) is 20.0. The molecule has 180 valence electrons. The fraction of sp³-hybridized carbons (Fsp3) is 0.400. The minimum atomic E-state index is -0.705. The molecule has 1 nitrogen and oxygen atoms in total. The van der Waals surface area contributed by atoms with Crippen LogP contribution in [0.1, 0.15) is 68.6 Å². The second-order valence-corrected chi connectivity index (χ2v) is 9.34. The molecule has 0 aromatic heterocycles. The summed E-state index contributed by atoms with van der Waals surface area (Å²) in [4.78, 5) is 0. The third-order valence-corrected chi connectivity index (χ3v) is 7.26. The van der Waals surface area contributed by atoms with Crippen LogP contribution < -0.4 is 4.74 Å².